The maximum Gasteiger partial charge on any atom is 0.258 e. The minimum absolute atomic E-state index is 0.0546. The fourth-order valence-electron chi connectivity index (χ4n) is 1.54. The maximum atomic E-state index is 11.5. The van der Waals surface area contributed by atoms with E-state index in [0.717, 1.165) is 11.3 Å². The molecule has 1 N–H and O–H groups in total. The van der Waals surface area contributed by atoms with Gasteiger partial charge in [0.1, 0.15) is 5.75 Å². The van der Waals surface area contributed by atoms with Gasteiger partial charge in [-0.15, -0.1) is 0 Å². The van der Waals surface area contributed by atoms with E-state index in [1.165, 1.54) is 5.56 Å². The molecule has 0 bridgehead atoms. The third kappa shape index (κ3) is 3.20. The second-order valence-electron chi connectivity index (χ2n) is 4.34. The van der Waals surface area contributed by atoms with Gasteiger partial charge in [0.15, 0.2) is 6.61 Å². The Labute approximate surface area is 101 Å². The fraction of sp³-hybridized carbons (Fsp3) is 0.462. The van der Waals surface area contributed by atoms with Gasteiger partial charge in [0.25, 0.3) is 5.91 Å². The molecule has 4 heteroatoms. The lowest BCUT2D eigenvalue weighted by Crippen LogP contribution is -2.49. The Morgan fingerprint density at radius 2 is 2.18 bits per heavy atom. The quantitative estimate of drug-likeness (QED) is 0.853. The highest BCUT2D eigenvalue weighted by atomic mass is 16.5. The van der Waals surface area contributed by atoms with Crippen LogP contribution in [0.2, 0.25) is 0 Å². The number of hydrogen-bond acceptors (Lipinski definition) is 3. The van der Waals surface area contributed by atoms with E-state index in [1.54, 1.807) is 0 Å². The highest BCUT2D eigenvalue weighted by Gasteiger charge is 2.20. The lowest BCUT2D eigenvalue weighted by Gasteiger charge is -2.26. The van der Waals surface area contributed by atoms with Crippen molar-refractivity contribution in [3.8, 4) is 5.75 Å². The number of nitrogens with one attached hydrogen (secondary N) is 1. The third-order valence-electron chi connectivity index (χ3n) is 2.85. The molecular weight excluding hydrogens is 218 g/mol. The van der Waals surface area contributed by atoms with Gasteiger partial charge in [-0.3, -0.25) is 4.79 Å². The summed E-state index contributed by atoms with van der Waals surface area (Å²) in [6.45, 7) is 5.33. The van der Waals surface area contributed by atoms with Gasteiger partial charge in [-0.2, -0.15) is 0 Å². The van der Waals surface area contributed by atoms with Crippen molar-refractivity contribution in [3.05, 3.63) is 29.3 Å². The van der Waals surface area contributed by atoms with Gasteiger partial charge in [0, 0.05) is 0 Å². The summed E-state index contributed by atoms with van der Waals surface area (Å²) in [6, 6.07) is 5.96. The molecule has 4 nitrogen and oxygen atoms in total. The first-order valence-electron chi connectivity index (χ1n) is 5.72. The van der Waals surface area contributed by atoms with E-state index < -0.39 is 0 Å². The molecule has 1 heterocycles. The smallest absolute Gasteiger partial charge is 0.258 e. The molecule has 1 aromatic carbocycles. The first-order valence-corrected chi connectivity index (χ1v) is 5.72. The van der Waals surface area contributed by atoms with E-state index in [2.05, 4.69) is 5.32 Å². The molecule has 0 radical (unpaired) electrons. The average molecular weight is 235 g/mol. The summed E-state index contributed by atoms with van der Waals surface area (Å²) in [7, 11) is 0. The first-order chi connectivity index (χ1) is 8.15. The molecule has 2 rings (SSSR count). The predicted octanol–water partition coefficient (Wildman–Crippen LogP) is 1.20. The largest absolute Gasteiger partial charge is 0.484 e. The van der Waals surface area contributed by atoms with Crippen molar-refractivity contribution in [1.29, 1.82) is 0 Å². The minimum atomic E-state index is -0.100. The molecule has 1 aromatic rings. The number of carbonyl (C=O) groups excluding carboxylic acids is 1. The molecule has 1 aliphatic heterocycles. The third-order valence-corrected chi connectivity index (χ3v) is 2.85. The number of ether oxygens (including phenoxy) is 2. The van der Waals surface area contributed by atoms with Gasteiger partial charge < -0.3 is 14.8 Å². The van der Waals surface area contributed by atoms with Gasteiger partial charge in [0.2, 0.25) is 0 Å². The van der Waals surface area contributed by atoms with Crippen LogP contribution in [0.4, 0.5) is 0 Å². The van der Waals surface area contributed by atoms with Crippen LogP contribution in [0.3, 0.4) is 0 Å². The Balaban J connectivity index is 1.80. The summed E-state index contributed by atoms with van der Waals surface area (Å²) in [5.41, 5.74) is 2.38. The molecule has 0 aliphatic carbocycles. The van der Waals surface area contributed by atoms with Gasteiger partial charge >= 0.3 is 0 Å². The summed E-state index contributed by atoms with van der Waals surface area (Å²) in [5, 5.41) is 2.82. The van der Waals surface area contributed by atoms with E-state index in [9.17, 15) is 4.79 Å². The second-order valence-corrected chi connectivity index (χ2v) is 4.34. The standard InChI is InChI=1S/C13H17NO3/c1-9-3-4-12(5-10(9)2)17-8-13(15)14-11-6-16-7-11/h3-5,11H,6-8H2,1-2H3,(H,14,15). The van der Waals surface area contributed by atoms with Crippen molar-refractivity contribution in [2.75, 3.05) is 19.8 Å². The van der Waals surface area contributed by atoms with E-state index in [0.29, 0.717) is 13.2 Å². The summed E-state index contributed by atoms with van der Waals surface area (Å²) in [4.78, 5) is 11.5. The maximum absolute atomic E-state index is 11.5. The van der Waals surface area contributed by atoms with Crippen molar-refractivity contribution in [1.82, 2.24) is 5.32 Å². The Kier molecular flexibility index (Phi) is 3.64. The zero-order chi connectivity index (χ0) is 12.3. The number of hydrogen-bond donors (Lipinski definition) is 1. The van der Waals surface area contributed by atoms with Gasteiger partial charge in [-0.25, -0.2) is 0 Å². The summed E-state index contributed by atoms with van der Waals surface area (Å²) >= 11 is 0. The Bertz CT molecular complexity index is 413. The molecule has 92 valence electrons. The number of carbonyl (C=O) groups is 1. The minimum Gasteiger partial charge on any atom is -0.484 e. The lowest BCUT2D eigenvalue weighted by atomic mass is 10.1. The molecule has 1 aliphatic rings. The SMILES string of the molecule is Cc1ccc(OCC(=O)NC2COC2)cc1C. The highest BCUT2D eigenvalue weighted by molar-refractivity contribution is 5.77. The summed E-state index contributed by atoms with van der Waals surface area (Å²) in [5.74, 6) is 0.629. The van der Waals surface area contributed by atoms with Crippen LogP contribution >= 0.6 is 0 Å². The van der Waals surface area contributed by atoms with Crippen LogP contribution in [0.15, 0.2) is 18.2 Å². The highest BCUT2D eigenvalue weighted by Crippen LogP contribution is 2.16. The van der Waals surface area contributed by atoms with E-state index in [-0.39, 0.29) is 18.6 Å². The average Bonchev–Trinajstić information content (AvgIpc) is 2.25. The first kappa shape index (κ1) is 11.9. The van der Waals surface area contributed by atoms with Gasteiger partial charge in [-0.1, -0.05) is 6.07 Å². The van der Waals surface area contributed by atoms with Crippen LogP contribution in [0.1, 0.15) is 11.1 Å². The predicted molar refractivity (Wildman–Crippen MR) is 64.2 cm³/mol. The lowest BCUT2D eigenvalue weighted by molar-refractivity contribution is -0.127. The van der Waals surface area contributed by atoms with E-state index in [1.807, 2.05) is 32.0 Å². The fourth-order valence-corrected chi connectivity index (χ4v) is 1.54. The number of benzene rings is 1. The monoisotopic (exact) mass is 235 g/mol. The van der Waals surface area contributed by atoms with Crippen molar-refractivity contribution in [3.63, 3.8) is 0 Å². The van der Waals surface area contributed by atoms with Crippen molar-refractivity contribution >= 4 is 5.91 Å². The summed E-state index contributed by atoms with van der Waals surface area (Å²) < 4.78 is 10.4. The van der Waals surface area contributed by atoms with E-state index >= 15 is 0 Å². The van der Waals surface area contributed by atoms with Crippen LogP contribution in [-0.4, -0.2) is 31.8 Å². The molecular formula is C13H17NO3. The normalized spacial score (nSPS) is 15.2. The molecule has 0 aromatic heterocycles. The van der Waals surface area contributed by atoms with E-state index in [4.69, 9.17) is 9.47 Å². The van der Waals surface area contributed by atoms with Crippen LogP contribution < -0.4 is 10.1 Å². The zero-order valence-corrected chi connectivity index (χ0v) is 10.2. The van der Waals surface area contributed by atoms with Crippen LogP contribution in [0.25, 0.3) is 0 Å². The number of aryl methyl sites for hydroxylation is 2. The molecule has 0 saturated carbocycles. The molecule has 1 saturated heterocycles. The van der Waals surface area contributed by atoms with Crippen LogP contribution in [0, 0.1) is 13.8 Å². The van der Waals surface area contributed by atoms with Crippen molar-refractivity contribution < 1.29 is 14.3 Å². The van der Waals surface area contributed by atoms with Gasteiger partial charge in [-0.05, 0) is 37.1 Å². The Morgan fingerprint density at radius 3 is 2.76 bits per heavy atom. The topological polar surface area (TPSA) is 47.6 Å². The summed E-state index contributed by atoms with van der Waals surface area (Å²) in [6.07, 6.45) is 0. The zero-order valence-electron chi connectivity index (χ0n) is 10.2. The van der Waals surface area contributed by atoms with Crippen molar-refractivity contribution in [2.45, 2.75) is 19.9 Å². The van der Waals surface area contributed by atoms with Crippen LogP contribution in [0.5, 0.6) is 5.75 Å². The molecule has 17 heavy (non-hydrogen) atoms. The number of rotatable bonds is 4. The molecule has 0 unspecified atom stereocenters. The van der Waals surface area contributed by atoms with Crippen LogP contribution in [-0.2, 0) is 9.53 Å². The Morgan fingerprint density at radius 1 is 1.41 bits per heavy atom. The molecule has 1 amide bonds. The second kappa shape index (κ2) is 5.19. The van der Waals surface area contributed by atoms with Gasteiger partial charge in [0.05, 0.1) is 19.3 Å². The van der Waals surface area contributed by atoms with Crippen molar-refractivity contribution in [2.24, 2.45) is 0 Å². The Hall–Kier alpha value is -1.55. The number of amides is 1. The molecule has 0 atom stereocenters. The molecule has 0 spiro atoms. The molecule has 1 fully saturated rings.